The van der Waals surface area contributed by atoms with Crippen LogP contribution in [-0.2, 0) is 11.2 Å². The van der Waals surface area contributed by atoms with Gasteiger partial charge < -0.3 is 9.73 Å². The SMILES string of the molecule is CC(NC(=O)Cc1csc(NC(=O)c2ccco2)n1)c1ccc(F)cc1F. The smallest absolute Gasteiger partial charge is 0.293 e. The van der Waals surface area contributed by atoms with Crippen LogP contribution in [0.5, 0.6) is 0 Å². The molecule has 0 fully saturated rings. The molecule has 3 aromatic rings. The third-order valence-electron chi connectivity index (χ3n) is 3.67. The van der Waals surface area contributed by atoms with E-state index < -0.39 is 23.6 Å². The first-order chi connectivity index (χ1) is 12.9. The molecule has 0 spiro atoms. The van der Waals surface area contributed by atoms with Crippen molar-refractivity contribution in [3.05, 3.63) is 70.6 Å². The van der Waals surface area contributed by atoms with Gasteiger partial charge in [-0.1, -0.05) is 6.07 Å². The molecule has 1 unspecified atom stereocenters. The van der Waals surface area contributed by atoms with Gasteiger partial charge >= 0.3 is 0 Å². The molecule has 2 amide bonds. The number of aromatic nitrogens is 1. The van der Waals surface area contributed by atoms with Crippen LogP contribution in [0.3, 0.4) is 0 Å². The highest BCUT2D eigenvalue weighted by atomic mass is 32.1. The van der Waals surface area contributed by atoms with E-state index in [1.165, 1.54) is 29.7 Å². The molecule has 9 heteroatoms. The minimum Gasteiger partial charge on any atom is -0.459 e. The van der Waals surface area contributed by atoms with Crippen molar-refractivity contribution < 1.29 is 22.8 Å². The van der Waals surface area contributed by atoms with E-state index in [9.17, 15) is 18.4 Å². The molecule has 1 atom stereocenters. The summed E-state index contributed by atoms with van der Waals surface area (Å²) in [4.78, 5) is 28.2. The van der Waals surface area contributed by atoms with Crippen molar-refractivity contribution in [3.63, 3.8) is 0 Å². The van der Waals surface area contributed by atoms with Crippen molar-refractivity contribution >= 4 is 28.3 Å². The number of carbonyl (C=O) groups excluding carboxylic acids is 2. The number of hydrogen-bond donors (Lipinski definition) is 2. The Balaban J connectivity index is 1.56. The van der Waals surface area contributed by atoms with Crippen molar-refractivity contribution in [1.29, 1.82) is 0 Å². The first kappa shape index (κ1) is 18.7. The molecule has 27 heavy (non-hydrogen) atoms. The molecular weight excluding hydrogens is 376 g/mol. The lowest BCUT2D eigenvalue weighted by molar-refractivity contribution is -0.121. The molecule has 2 N–H and O–H groups in total. The van der Waals surface area contributed by atoms with Crippen LogP contribution in [0.15, 0.2) is 46.4 Å². The largest absolute Gasteiger partial charge is 0.459 e. The lowest BCUT2D eigenvalue weighted by Crippen LogP contribution is -2.28. The summed E-state index contributed by atoms with van der Waals surface area (Å²) in [5.41, 5.74) is 0.647. The molecule has 6 nitrogen and oxygen atoms in total. The van der Waals surface area contributed by atoms with Gasteiger partial charge in [-0.25, -0.2) is 13.8 Å². The number of nitrogens with one attached hydrogen (secondary N) is 2. The number of carbonyl (C=O) groups is 2. The first-order valence-corrected chi connectivity index (χ1v) is 8.84. The molecule has 2 heterocycles. The van der Waals surface area contributed by atoms with Gasteiger partial charge in [-0.3, -0.25) is 14.9 Å². The summed E-state index contributed by atoms with van der Waals surface area (Å²) in [5.74, 6) is -2.06. The van der Waals surface area contributed by atoms with Crippen LogP contribution in [0.4, 0.5) is 13.9 Å². The third-order valence-corrected chi connectivity index (χ3v) is 4.47. The maximum atomic E-state index is 13.8. The highest BCUT2D eigenvalue weighted by molar-refractivity contribution is 7.14. The van der Waals surface area contributed by atoms with E-state index in [-0.39, 0.29) is 23.7 Å². The molecule has 140 valence electrons. The molecule has 0 saturated heterocycles. The Hall–Kier alpha value is -3.07. The standard InChI is InChI=1S/C18H15F2N3O3S/c1-10(13-5-4-11(19)7-14(13)20)21-16(24)8-12-9-27-18(22-12)23-17(25)15-3-2-6-26-15/h2-7,9-10H,8H2,1H3,(H,21,24)(H,22,23,25). The topological polar surface area (TPSA) is 84.2 Å². The quantitative estimate of drug-likeness (QED) is 0.671. The third kappa shape index (κ3) is 4.76. The van der Waals surface area contributed by atoms with E-state index in [4.69, 9.17) is 4.42 Å². The molecule has 0 aliphatic carbocycles. The van der Waals surface area contributed by atoms with Crippen molar-refractivity contribution in [2.45, 2.75) is 19.4 Å². The molecule has 1 aromatic carbocycles. The Kier molecular flexibility index (Phi) is 5.60. The summed E-state index contributed by atoms with van der Waals surface area (Å²) in [6.07, 6.45) is 1.35. The van der Waals surface area contributed by atoms with Gasteiger partial charge in [0.1, 0.15) is 11.6 Å². The number of anilines is 1. The van der Waals surface area contributed by atoms with Gasteiger partial charge in [0.25, 0.3) is 5.91 Å². The van der Waals surface area contributed by atoms with Crippen molar-refractivity contribution in [3.8, 4) is 0 Å². The van der Waals surface area contributed by atoms with E-state index in [0.29, 0.717) is 10.8 Å². The van der Waals surface area contributed by atoms with Crippen LogP contribution >= 0.6 is 11.3 Å². The summed E-state index contributed by atoms with van der Waals surface area (Å²) < 4.78 is 31.7. The van der Waals surface area contributed by atoms with Gasteiger partial charge in [0.15, 0.2) is 10.9 Å². The molecule has 0 radical (unpaired) electrons. The number of nitrogens with zero attached hydrogens (tertiary/aromatic N) is 1. The molecule has 0 aliphatic rings. The summed E-state index contributed by atoms with van der Waals surface area (Å²) in [7, 11) is 0. The van der Waals surface area contributed by atoms with Gasteiger partial charge in [0, 0.05) is 17.0 Å². The number of benzene rings is 1. The van der Waals surface area contributed by atoms with Crippen LogP contribution in [0.25, 0.3) is 0 Å². The lowest BCUT2D eigenvalue weighted by Gasteiger charge is -2.14. The molecule has 2 aromatic heterocycles. The number of furan rings is 1. The number of thiazole rings is 1. The zero-order chi connectivity index (χ0) is 19.4. The van der Waals surface area contributed by atoms with Crippen LogP contribution < -0.4 is 10.6 Å². The van der Waals surface area contributed by atoms with E-state index in [0.717, 1.165) is 12.1 Å². The molecule has 3 rings (SSSR count). The van der Waals surface area contributed by atoms with Crippen LogP contribution in [0.2, 0.25) is 0 Å². The van der Waals surface area contributed by atoms with Gasteiger partial charge in [-0.15, -0.1) is 11.3 Å². The van der Waals surface area contributed by atoms with Crippen LogP contribution in [0, 0.1) is 11.6 Å². The molecule has 0 saturated carbocycles. The molecular formula is C18H15F2N3O3S. The van der Waals surface area contributed by atoms with E-state index in [1.807, 2.05) is 0 Å². The Morgan fingerprint density at radius 3 is 2.81 bits per heavy atom. The van der Waals surface area contributed by atoms with Gasteiger partial charge in [0.2, 0.25) is 5.91 Å². The number of amides is 2. The monoisotopic (exact) mass is 391 g/mol. The predicted octanol–water partition coefficient (Wildman–Crippen LogP) is 3.69. The van der Waals surface area contributed by atoms with Crippen molar-refractivity contribution in [2.75, 3.05) is 5.32 Å². The Morgan fingerprint density at radius 1 is 1.30 bits per heavy atom. The average Bonchev–Trinajstić information content (AvgIpc) is 3.26. The average molecular weight is 391 g/mol. The highest BCUT2D eigenvalue weighted by Gasteiger charge is 2.16. The molecule has 0 bridgehead atoms. The Bertz CT molecular complexity index is 957. The fourth-order valence-electron chi connectivity index (χ4n) is 2.40. The number of rotatable bonds is 6. The first-order valence-electron chi connectivity index (χ1n) is 7.96. The fourth-order valence-corrected chi connectivity index (χ4v) is 3.10. The second-order valence-corrected chi connectivity index (χ2v) is 6.57. The van der Waals surface area contributed by atoms with Crippen LogP contribution in [-0.4, -0.2) is 16.8 Å². The zero-order valence-electron chi connectivity index (χ0n) is 14.2. The lowest BCUT2D eigenvalue weighted by atomic mass is 10.1. The van der Waals surface area contributed by atoms with E-state index in [1.54, 1.807) is 18.4 Å². The second kappa shape index (κ2) is 8.09. The Morgan fingerprint density at radius 2 is 2.11 bits per heavy atom. The van der Waals surface area contributed by atoms with Crippen molar-refractivity contribution in [2.24, 2.45) is 0 Å². The summed E-state index contributed by atoms with van der Waals surface area (Å²) in [5, 5.41) is 7.18. The summed E-state index contributed by atoms with van der Waals surface area (Å²) in [6, 6.07) is 5.68. The molecule has 0 aliphatic heterocycles. The predicted molar refractivity (Wildman–Crippen MR) is 95.4 cm³/mol. The van der Waals surface area contributed by atoms with E-state index >= 15 is 0 Å². The minimum absolute atomic E-state index is 0.0414. The maximum absolute atomic E-state index is 13.8. The Labute approximate surface area is 157 Å². The van der Waals surface area contributed by atoms with Crippen molar-refractivity contribution in [1.82, 2.24) is 10.3 Å². The zero-order valence-corrected chi connectivity index (χ0v) is 15.0. The highest BCUT2D eigenvalue weighted by Crippen LogP contribution is 2.19. The maximum Gasteiger partial charge on any atom is 0.293 e. The van der Waals surface area contributed by atoms with Gasteiger partial charge in [-0.05, 0) is 25.1 Å². The summed E-state index contributed by atoms with van der Waals surface area (Å²) in [6.45, 7) is 1.60. The fraction of sp³-hybridized carbons (Fsp3) is 0.167. The van der Waals surface area contributed by atoms with Gasteiger partial charge in [0.05, 0.1) is 24.4 Å². The van der Waals surface area contributed by atoms with Crippen LogP contribution in [0.1, 0.15) is 34.8 Å². The van der Waals surface area contributed by atoms with Gasteiger partial charge in [-0.2, -0.15) is 0 Å². The number of hydrogen-bond acceptors (Lipinski definition) is 5. The minimum atomic E-state index is -0.723. The second-order valence-electron chi connectivity index (χ2n) is 5.71. The summed E-state index contributed by atoms with van der Waals surface area (Å²) >= 11 is 1.17. The number of halogens is 2. The normalized spacial score (nSPS) is 11.8. The van der Waals surface area contributed by atoms with E-state index in [2.05, 4.69) is 15.6 Å².